The molecule has 28 heavy (non-hydrogen) atoms. The first-order chi connectivity index (χ1) is 13.5. The summed E-state index contributed by atoms with van der Waals surface area (Å²) in [4.78, 5) is 15.6. The normalized spacial score (nSPS) is 12.1. The molecule has 1 heterocycles. The largest absolute Gasteiger partial charge is 0.490 e. The Balaban J connectivity index is 2.08. The van der Waals surface area contributed by atoms with Gasteiger partial charge in [-0.25, -0.2) is 9.07 Å². The highest BCUT2D eigenvalue weighted by molar-refractivity contribution is 6.16. The van der Waals surface area contributed by atoms with Gasteiger partial charge in [-0.2, -0.15) is 0 Å². The van der Waals surface area contributed by atoms with Crippen molar-refractivity contribution in [2.45, 2.75) is 71.5 Å². The molecule has 2 N–H and O–H groups in total. The molecule has 0 aliphatic heterocycles. The van der Waals surface area contributed by atoms with Gasteiger partial charge in [-0.15, -0.1) is 0 Å². The van der Waals surface area contributed by atoms with Crippen molar-refractivity contribution in [1.82, 2.24) is 9.07 Å². The van der Waals surface area contributed by atoms with Crippen molar-refractivity contribution < 1.29 is 19.7 Å². The topological polar surface area (TPSA) is 84.6 Å². The van der Waals surface area contributed by atoms with E-state index in [1.54, 1.807) is 0 Å². The summed E-state index contributed by atoms with van der Waals surface area (Å²) in [6.07, 6.45) is 4.60. The van der Waals surface area contributed by atoms with E-state index in [9.17, 15) is 9.90 Å². The standard InChI is InChI=1S/C21H29ClN2O4/c1-3-5-7-20-23-18(19(14-25)24(20)22)12-15-8-10-16(11-9-15)28-17(6-4-2)13-21(26)27/h8-11,17,25H,3-7,12-14H2,1-2H3,(H,26,27). The van der Waals surface area contributed by atoms with Crippen LogP contribution in [0.15, 0.2) is 24.3 Å². The molecule has 154 valence electrons. The number of aliphatic carboxylic acids is 1. The summed E-state index contributed by atoms with van der Waals surface area (Å²) in [7, 11) is 0. The third-order valence-corrected chi connectivity index (χ3v) is 4.97. The van der Waals surface area contributed by atoms with Gasteiger partial charge in [0.2, 0.25) is 0 Å². The van der Waals surface area contributed by atoms with E-state index < -0.39 is 5.97 Å². The molecule has 0 saturated carbocycles. The molecule has 1 aromatic heterocycles. The second kappa shape index (κ2) is 11.1. The number of halogens is 1. The molecule has 1 unspecified atom stereocenters. The monoisotopic (exact) mass is 408 g/mol. The number of rotatable bonds is 12. The maximum Gasteiger partial charge on any atom is 0.307 e. The van der Waals surface area contributed by atoms with E-state index in [0.29, 0.717) is 24.3 Å². The molecule has 0 radical (unpaired) electrons. The Morgan fingerprint density at radius 3 is 2.54 bits per heavy atom. The van der Waals surface area contributed by atoms with Crippen molar-refractivity contribution in [2.24, 2.45) is 0 Å². The average molecular weight is 409 g/mol. The number of carbonyl (C=O) groups is 1. The molecule has 1 atom stereocenters. The van der Waals surface area contributed by atoms with E-state index in [4.69, 9.17) is 21.6 Å². The van der Waals surface area contributed by atoms with Gasteiger partial charge in [0, 0.05) is 24.6 Å². The minimum atomic E-state index is -0.859. The zero-order valence-corrected chi connectivity index (χ0v) is 17.3. The van der Waals surface area contributed by atoms with Crippen LogP contribution in [-0.2, 0) is 24.2 Å². The van der Waals surface area contributed by atoms with Gasteiger partial charge in [0.05, 0.1) is 24.4 Å². The molecule has 0 spiro atoms. The molecule has 0 saturated heterocycles. The van der Waals surface area contributed by atoms with E-state index in [2.05, 4.69) is 11.9 Å². The summed E-state index contributed by atoms with van der Waals surface area (Å²) < 4.78 is 7.30. The number of carboxylic acid groups (broad SMARTS) is 1. The summed E-state index contributed by atoms with van der Waals surface area (Å²) in [5, 5.41) is 18.7. The van der Waals surface area contributed by atoms with Crippen LogP contribution in [0.1, 0.15) is 68.7 Å². The van der Waals surface area contributed by atoms with Crippen LogP contribution in [0.5, 0.6) is 5.75 Å². The van der Waals surface area contributed by atoms with Crippen molar-refractivity contribution in [3.63, 3.8) is 0 Å². The van der Waals surface area contributed by atoms with Crippen LogP contribution in [0.3, 0.4) is 0 Å². The zero-order chi connectivity index (χ0) is 20.5. The Morgan fingerprint density at radius 2 is 1.96 bits per heavy atom. The van der Waals surface area contributed by atoms with Crippen molar-refractivity contribution in [1.29, 1.82) is 0 Å². The molecule has 0 aliphatic carbocycles. The van der Waals surface area contributed by atoms with Crippen molar-refractivity contribution in [3.05, 3.63) is 47.0 Å². The lowest BCUT2D eigenvalue weighted by Crippen LogP contribution is -2.20. The number of benzene rings is 1. The number of aliphatic hydroxyl groups excluding tert-OH is 1. The number of hydrogen-bond acceptors (Lipinski definition) is 4. The molecule has 0 fully saturated rings. The van der Waals surface area contributed by atoms with Gasteiger partial charge in [-0.3, -0.25) is 4.79 Å². The number of nitrogens with zero attached hydrogens (tertiary/aromatic N) is 2. The minimum Gasteiger partial charge on any atom is -0.490 e. The van der Waals surface area contributed by atoms with Gasteiger partial charge >= 0.3 is 5.97 Å². The van der Waals surface area contributed by atoms with E-state index >= 15 is 0 Å². The Bertz CT molecular complexity index is 759. The van der Waals surface area contributed by atoms with E-state index in [1.807, 2.05) is 31.2 Å². The van der Waals surface area contributed by atoms with Gasteiger partial charge in [0.1, 0.15) is 17.7 Å². The number of aromatic nitrogens is 2. The second-order valence-corrected chi connectivity index (χ2v) is 7.25. The molecule has 7 heteroatoms. The number of aryl methyl sites for hydroxylation is 1. The summed E-state index contributed by atoms with van der Waals surface area (Å²) in [5.74, 6) is 0.568. The third-order valence-electron chi connectivity index (χ3n) is 4.58. The molecule has 0 aliphatic rings. The molecule has 1 aromatic carbocycles. The first-order valence-corrected chi connectivity index (χ1v) is 10.2. The Morgan fingerprint density at radius 1 is 1.25 bits per heavy atom. The summed E-state index contributed by atoms with van der Waals surface area (Å²) in [5.41, 5.74) is 2.41. The Labute approximate surface area is 171 Å². The molecule has 2 rings (SSSR count). The van der Waals surface area contributed by atoms with E-state index in [1.165, 1.54) is 4.09 Å². The van der Waals surface area contributed by atoms with Gasteiger partial charge in [-0.1, -0.05) is 38.8 Å². The maximum atomic E-state index is 11.0. The van der Waals surface area contributed by atoms with Crippen LogP contribution in [-0.4, -0.2) is 31.4 Å². The molecular formula is C21H29ClN2O4. The van der Waals surface area contributed by atoms with Crippen LogP contribution in [0.25, 0.3) is 0 Å². The molecule has 2 aromatic rings. The lowest BCUT2D eigenvalue weighted by Gasteiger charge is -2.17. The predicted octanol–water partition coefficient (Wildman–Crippen LogP) is 4.33. The van der Waals surface area contributed by atoms with Crippen LogP contribution in [0.2, 0.25) is 0 Å². The highest BCUT2D eigenvalue weighted by atomic mass is 35.5. The van der Waals surface area contributed by atoms with Gasteiger partial charge in [0.15, 0.2) is 0 Å². The number of carboxylic acids is 1. The smallest absolute Gasteiger partial charge is 0.307 e. The Hall–Kier alpha value is -2.05. The highest BCUT2D eigenvalue weighted by Gasteiger charge is 2.17. The lowest BCUT2D eigenvalue weighted by molar-refractivity contribution is -0.138. The second-order valence-electron chi connectivity index (χ2n) is 6.91. The van der Waals surface area contributed by atoms with E-state index in [-0.39, 0.29) is 19.1 Å². The predicted molar refractivity (Wildman–Crippen MR) is 109 cm³/mol. The average Bonchev–Trinajstić information content (AvgIpc) is 2.95. The first-order valence-electron chi connectivity index (χ1n) is 9.82. The third kappa shape index (κ3) is 6.24. The first kappa shape index (κ1) is 22.2. The lowest BCUT2D eigenvalue weighted by atomic mass is 10.1. The fourth-order valence-corrected chi connectivity index (χ4v) is 3.38. The number of unbranched alkanes of at least 4 members (excludes halogenated alkanes) is 1. The summed E-state index contributed by atoms with van der Waals surface area (Å²) >= 11 is 6.31. The van der Waals surface area contributed by atoms with Crippen LogP contribution >= 0.6 is 11.8 Å². The fraction of sp³-hybridized carbons (Fsp3) is 0.524. The van der Waals surface area contributed by atoms with E-state index in [0.717, 1.165) is 42.8 Å². The maximum absolute atomic E-state index is 11.0. The molecular weight excluding hydrogens is 380 g/mol. The summed E-state index contributed by atoms with van der Waals surface area (Å²) in [6, 6.07) is 7.54. The van der Waals surface area contributed by atoms with Gasteiger partial charge < -0.3 is 14.9 Å². The number of ether oxygens (including phenoxy) is 1. The van der Waals surface area contributed by atoms with Crippen LogP contribution in [0, 0.1) is 0 Å². The SMILES string of the molecule is CCCCc1nc(Cc2ccc(OC(CCC)CC(=O)O)cc2)c(CO)n1Cl. The number of hydrogen-bond donors (Lipinski definition) is 2. The van der Waals surface area contributed by atoms with Crippen LogP contribution < -0.4 is 4.74 Å². The van der Waals surface area contributed by atoms with Crippen LogP contribution in [0.4, 0.5) is 0 Å². The molecule has 0 amide bonds. The Kier molecular flexibility index (Phi) is 8.80. The van der Waals surface area contributed by atoms with Gasteiger partial charge in [-0.05, 0) is 30.5 Å². The van der Waals surface area contributed by atoms with Crippen molar-refractivity contribution >= 4 is 17.7 Å². The van der Waals surface area contributed by atoms with Crippen molar-refractivity contribution in [3.8, 4) is 5.75 Å². The van der Waals surface area contributed by atoms with Crippen molar-refractivity contribution in [2.75, 3.05) is 0 Å². The quantitative estimate of drug-likeness (QED) is 0.546. The highest BCUT2D eigenvalue weighted by Crippen LogP contribution is 2.22. The number of imidazole rings is 1. The van der Waals surface area contributed by atoms with Gasteiger partial charge in [0.25, 0.3) is 0 Å². The fourth-order valence-electron chi connectivity index (χ4n) is 3.11. The molecule has 6 nitrogen and oxygen atoms in total. The molecule has 0 bridgehead atoms. The zero-order valence-electron chi connectivity index (χ0n) is 16.5. The number of aliphatic hydroxyl groups is 1. The minimum absolute atomic E-state index is 0.0108. The summed E-state index contributed by atoms with van der Waals surface area (Å²) in [6.45, 7) is 3.96.